The number of pyridine rings is 1. The molecule has 0 amide bonds. The van der Waals surface area contributed by atoms with E-state index >= 15 is 0 Å². The molecule has 0 fully saturated rings. The zero-order valence-corrected chi connectivity index (χ0v) is 12.7. The maximum Gasteiger partial charge on any atom is 0.124 e. The van der Waals surface area contributed by atoms with E-state index in [1.54, 1.807) is 6.20 Å². The number of rotatable bonds is 6. The summed E-state index contributed by atoms with van der Waals surface area (Å²) in [6, 6.07) is 16.1. The SMILES string of the molecule is CN(C)CCOC(c1ccccc1)c1ccccn1.Cl. The number of halogens is 1. The van der Waals surface area contributed by atoms with E-state index in [1.165, 1.54) is 0 Å². The van der Waals surface area contributed by atoms with Crippen LogP contribution in [0, 0.1) is 0 Å². The van der Waals surface area contributed by atoms with Crippen LogP contribution in [0.1, 0.15) is 17.4 Å². The average Bonchev–Trinajstić information content (AvgIpc) is 2.45. The van der Waals surface area contributed by atoms with Gasteiger partial charge >= 0.3 is 0 Å². The van der Waals surface area contributed by atoms with Gasteiger partial charge in [0.05, 0.1) is 12.3 Å². The third-order valence-corrected chi connectivity index (χ3v) is 2.88. The minimum absolute atomic E-state index is 0. The van der Waals surface area contributed by atoms with E-state index in [-0.39, 0.29) is 18.5 Å². The summed E-state index contributed by atoms with van der Waals surface area (Å²) in [7, 11) is 4.09. The van der Waals surface area contributed by atoms with Crippen molar-refractivity contribution in [1.82, 2.24) is 9.88 Å². The summed E-state index contributed by atoms with van der Waals surface area (Å²) < 4.78 is 6.02. The quantitative estimate of drug-likeness (QED) is 0.818. The minimum atomic E-state index is -0.0950. The number of benzene rings is 1. The van der Waals surface area contributed by atoms with Gasteiger partial charge in [-0.15, -0.1) is 12.4 Å². The normalized spacial score (nSPS) is 11.9. The highest BCUT2D eigenvalue weighted by Gasteiger charge is 2.15. The van der Waals surface area contributed by atoms with Gasteiger partial charge in [0.1, 0.15) is 6.10 Å². The van der Waals surface area contributed by atoms with Crippen LogP contribution < -0.4 is 0 Å². The van der Waals surface area contributed by atoms with Crippen molar-refractivity contribution in [3.63, 3.8) is 0 Å². The molecule has 0 aliphatic heterocycles. The number of nitrogens with zero attached hydrogens (tertiary/aromatic N) is 2. The van der Waals surface area contributed by atoms with Crippen molar-refractivity contribution in [2.24, 2.45) is 0 Å². The summed E-state index contributed by atoms with van der Waals surface area (Å²) in [5, 5.41) is 0. The molecule has 0 N–H and O–H groups in total. The van der Waals surface area contributed by atoms with E-state index in [4.69, 9.17) is 4.74 Å². The Morgan fingerprint density at radius 2 is 1.75 bits per heavy atom. The second-order valence-electron chi connectivity index (χ2n) is 4.72. The van der Waals surface area contributed by atoms with Crippen LogP contribution in [-0.2, 0) is 4.74 Å². The van der Waals surface area contributed by atoms with Crippen molar-refractivity contribution in [3.8, 4) is 0 Å². The lowest BCUT2D eigenvalue weighted by Gasteiger charge is -2.19. The Morgan fingerprint density at radius 3 is 2.35 bits per heavy atom. The van der Waals surface area contributed by atoms with Crippen molar-refractivity contribution < 1.29 is 4.74 Å². The summed E-state index contributed by atoms with van der Waals surface area (Å²) in [4.78, 5) is 6.53. The molecule has 1 unspecified atom stereocenters. The zero-order chi connectivity index (χ0) is 13.5. The predicted molar refractivity (Wildman–Crippen MR) is 84.3 cm³/mol. The average molecular weight is 293 g/mol. The Kier molecular flexibility index (Phi) is 7.23. The van der Waals surface area contributed by atoms with Gasteiger partial charge in [-0.05, 0) is 31.8 Å². The van der Waals surface area contributed by atoms with Crippen LogP contribution in [0.3, 0.4) is 0 Å². The first-order valence-corrected chi connectivity index (χ1v) is 6.49. The molecule has 1 heterocycles. The number of hydrogen-bond acceptors (Lipinski definition) is 3. The first kappa shape index (κ1) is 16.6. The Bertz CT molecular complexity index is 437. The Morgan fingerprint density at radius 1 is 1.05 bits per heavy atom. The monoisotopic (exact) mass is 292 g/mol. The van der Waals surface area contributed by atoms with Gasteiger partial charge in [0, 0.05) is 12.7 Å². The molecule has 4 heteroatoms. The molecule has 1 aromatic heterocycles. The lowest BCUT2D eigenvalue weighted by Crippen LogP contribution is -2.20. The molecular weight excluding hydrogens is 272 g/mol. The number of likely N-dealkylation sites (N-methyl/N-ethyl adjacent to an activating group) is 1. The van der Waals surface area contributed by atoms with Crippen molar-refractivity contribution in [2.45, 2.75) is 6.10 Å². The van der Waals surface area contributed by atoms with Crippen molar-refractivity contribution in [1.29, 1.82) is 0 Å². The van der Waals surface area contributed by atoms with E-state index in [0.29, 0.717) is 6.61 Å². The van der Waals surface area contributed by atoms with Crippen LogP contribution in [0.25, 0.3) is 0 Å². The van der Waals surface area contributed by atoms with E-state index in [2.05, 4.69) is 22.0 Å². The number of hydrogen-bond donors (Lipinski definition) is 0. The highest BCUT2D eigenvalue weighted by Crippen LogP contribution is 2.23. The highest BCUT2D eigenvalue weighted by atomic mass is 35.5. The van der Waals surface area contributed by atoms with Gasteiger partial charge in [-0.3, -0.25) is 4.98 Å². The fraction of sp³-hybridized carbons (Fsp3) is 0.312. The van der Waals surface area contributed by atoms with Gasteiger partial charge in [0.15, 0.2) is 0 Å². The third-order valence-electron chi connectivity index (χ3n) is 2.88. The second kappa shape index (κ2) is 8.69. The maximum atomic E-state index is 6.02. The van der Waals surface area contributed by atoms with Crippen LogP contribution in [0.5, 0.6) is 0 Å². The first-order chi connectivity index (χ1) is 9.27. The first-order valence-electron chi connectivity index (χ1n) is 6.49. The van der Waals surface area contributed by atoms with Gasteiger partial charge in [-0.25, -0.2) is 0 Å². The summed E-state index contributed by atoms with van der Waals surface area (Å²) in [5.41, 5.74) is 2.09. The Balaban J connectivity index is 0.00000200. The maximum absolute atomic E-state index is 6.02. The standard InChI is InChI=1S/C16H20N2O.ClH/c1-18(2)12-13-19-16(14-8-4-3-5-9-14)15-10-6-7-11-17-15;/h3-11,16H,12-13H2,1-2H3;1H. The molecule has 2 aromatic rings. The van der Waals surface area contributed by atoms with Crippen molar-refractivity contribution >= 4 is 12.4 Å². The van der Waals surface area contributed by atoms with Crippen molar-refractivity contribution in [2.75, 3.05) is 27.2 Å². The lowest BCUT2D eigenvalue weighted by molar-refractivity contribution is 0.0662. The van der Waals surface area contributed by atoms with Crippen LogP contribution in [0.4, 0.5) is 0 Å². The number of ether oxygens (including phenoxy) is 1. The predicted octanol–water partition coefficient (Wildman–Crippen LogP) is 3.17. The van der Waals surface area contributed by atoms with Gasteiger partial charge in [-0.2, -0.15) is 0 Å². The molecule has 0 bridgehead atoms. The van der Waals surface area contributed by atoms with E-state index < -0.39 is 0 Å². The van der Waals surface area contributed by atoms with Crippen LogP contribution in [0.15, 0.2) is 54.7 Å². The molecule has 0 spiro atoms. The Hall–Kier alpha value is -1.42. The Labute approximate surface area is 127 Å². The molecule has 1 aromatic carbocycles. The molecule has 3 nitrogen and oxygen atoms in total. The van der Waals surface area contributed by atoms with Gasteiger partial charge in [0.25, 0.3) is 0 Å². The molecule has 108 valence electrons. The molecule has 20 heavy (non-hydrogen) atoms. The third kappa shape index (κ3) is 4.93. The fourth-order valence-electron chi connectivity index (χ4n) is 1.86. The molecule has 0 aliphatic carbocycles. The molecule has 2 rings (SSSR count). The molecular formula is C16H21ClN2O. The van der Waals surface area contributed by atoms with Crippen LogP contribution >= 0.6 is 12.4 Å². The van der Waals surface area contributed by atoms with Crippen LogP contribution in [0.2, 0.25) is 0 Å². The lowest BCUT2D eigenvalue weighted by atomic mass is 10.1. The molecule has 0 radical (unpaired) electrons. The largest absolute Gasteiger partial charge is 0.366 e. The highest BCUT2D eigenvalue weighted by molar-refractivity contribution is 5.85. The second-order valence-corrected chi connectivity index (χ2v) is 4.72. The molecule has 1 atom stereocenters. The fourth-order valence-corrected chi connectivity index (χ4v) is 1.86. The summed E-state index contributed by atoms with van der Waals surface area (Å²) in [6.07, 6.45) is 1.71. The molecule has 0 aliphatic rings. The molecule has 0 saturated heterocycles. The summed E-state index contributed by atoms with van der Waals surface area (Å²) in [6.45, 7) is 1.58. The van der Waals surface area contributed by atoms with Gasteiger partial charge in [-0.1, -0.05) is 36.4 Å². The van der Waals surface area contributed by atoms with Gasteiger partial charge in [0.2, 0.25) is 0 Å². The van der Waals surface area contributed by atoms with E-state index in [0.717, 1.165) is 17.8 Å². The van der Waals surface area contributed by atoms with Gasteiger partial charge < -0.3 is 9.64 Å². The zero-order valence-electron chi connectivity index (χ0n) is 11.9. The van der Waals surface area contributed by atoms with Crippen LogP contribution in [-0.4, -0.2) is 37.1 Å². The minimum Gasteiger partial charge on any atom is -0.366 e. The van der Waals surface area contributed by atoms with Crippen molar-refractivity contribution in [3.05, 3.63) is 66.0 Å². The molecule has 0 saturated carbocycles. The summed E-state index contributed by atoms with van der Waals surface area (Å²) in [5.74, 6) is 0. The van der Waals surface area contributed by atoms with E-state index in [1.807, 2.05) is 50.5 Å². The smallest absolute Gasteiger partial charge is 0.124 e. The number of aromatic nitrogens is 1. The van der Waals surface area contributed by atoms with E-state index in [9.17, 15) is 0 Å². The topological polar surface area (TPSA) is 25.4 Å². The summed E-state index contributed by atoms with van der Waals surface area (Å²) >= 11 is 0.